The number of aromatic nitrogens is 2. The average molecular weight is 462 g/mol. The van der Waals surface area contributed by atoms with E-state index in [9.17, 15) is 9.90 Å². The molecule has 0 atom stereocenters. The number of likely N-dealkylation sites (tertiary alicyclic amines) is 1. The van der Waals surface area contributed by atoms with E-state index < -0.39 is 5.97 Å². The van der Waals surface area contributed by atoms with Crippen molar-refractivity contribution in [2.45, 2.75) is 31.7 Å². The molecular formula is C26H27N3O3S. The summed E-state index contributed by atoms with van der Waals surface area (Å²) in [6.45, 7) is 2.70. The number of carboxylic acids is 1. The Balaban J connectivity index is 1.30. The van der Waals surface area contributed by atoms with Crippen molar-refractivity contribution in [1.82, 2.24) is 14.9 Å². The van der Waals surface area contributed by atoms with Gasteiger partial charge in [0.2, 0.25) is 0 Å². The number of nitrogens with one attached hydrogen (secondary N) is 1. The van der Waals surface area contributed by atoms with Crippen LogP contribution in [0.15, 0.2) is 53.5 Å². The van der Waals surface area contributed by atoms with Crippen LogP contribution in [0.4, 0.5) is 0 Å². The summed E-state index contributed by atoms with van der Waals surface area (Å²) in [7, 11) is 1.50. The highest BCUT2D eigenvalue weighted by atomic mass is 32.1. The number of aromatic amines is 1. The maximum absolute atomic E-state index is 11.5. The molecule has 4 heterocycles. The fourth-order valence-electron chi connectivity index (χ4n) is 4.91. The topological polar surface area (TPSA) is 78.5 Å². The van der Waals surface area contributed by atoms with Crippen LogP contribution in [0, 0.1) is 0 Å². The average Bonchev–Trinajstić information content (AvgIpc) is 3.50. The smallest absolute Gasteiger partial charge is 0.339 e. The van der Waals surface area contributed by atoms with Crippen LogP contribution in [0.2, 0.25) is 0 Å². The molecule has 170 valence electrons. The summed E-state index contributed by atoms with van der Waals surface area (Å²) in [5.41, 5.74) is 6.24. The molecule has 0 aliphatic carbocycles. The number of hydrogen-bond acceptors (Lipinski definition) is 5. The zero-order valence-corrected chi connectivity index (χ0v) is 19.4. The molecule has 6 nitrogen and oxygen atoms in total. The lowest BCUT2D eigenvalue weighted by Gasteiger charge is -2.32. The molecule has 1 saturated heterocycles. The standard InChI is InChI=1S/C26H27N3O3S/c1-32-23-3-2-17(13-21(23)26(30)31)15-29-9-5-19(6-10-29)22-14-28-25-24(22)20(4-8-27-25)12-18-7-11-33-16-18/h2-4,7-8,11,13-14,16,19H,5-6,9-10,12,15H2,1H3,(H,27,28)(H,30,31). The number of methoxy groups -OCH3 is 1. The molecule has 0 saturated carbocycles. The first kappa shape index (κ1) is 21.7. The molecule has 0 bridgehead atoms. The molecule has 33 heavy (non-hydrogen) atoms. The second-order valence-electron chi connectivity index (χ2n) is 8.64. The molecule has 1 aliphatic heterocycles. The first-order valence-electron chi connectivity index (χ1n) is 11.2. The number of H-pyrrole nitrogens is 1. The molecule has 3 aromatic heterocycles. The maximum atomic E-state index is 11.5. The molecule has 1 fully saturated rings. The second kappa shape index (κ2) is 9.37. The number of fused-ring (bicyclic) bond motifs is 1. The normalized spacial score (nSPS) is 15.2. The number of hydrogen-bond donors (Lipinski definition) is 2. The van der Waals surface area contributed by atoms with E-state index in [1.54, 1.807) is 23.5 Å². The lowest BCUT2D eigenvalue weighted by Crippen LogP contribution is -2.32. The van der Waals surface area contributed by atoms with Crippen molar-refractivity contribution in [3.8, 4) is 5.75 Å². The molecule has 4 aromatic rings. The number of pyridine rings is 1. The molecule has 5 rings (SSSR count). The second-order valence-corrected chi connectivity index (χ2v) is 9.42. The van der Waals surface area contributed by atoms with Gasteiger partial charge in [-0.2, -0.15) is 11.3 Å². The van der Waals surface area contributed by atoms with E-state index in [0.717, 1.165) is 50.1 Å². The van der Waals surface area contributed by atoms with Crippen molar-refractivity contribution in [3.63, 3.8) is 0 Å². The number of piperidine rings is 1. The van der Waals surface area contributed by atoms with Crippen LogP contribution in [-0.4, -0.2) is 46.1 Å². The number of thiophene rings is 1. The molecule has 0 spiro atoms. The van der Waals surface area contributed by atoms with E-state index in [1.165, 1.54) is 29.2 Å². The van der Waals surface area contributed by atoms with Crippen LogP contribution >= 0.6 is 11.3 Å². The quantitative estimate of drug-likeness (QED) is 0.390. The summed E-state index contributed by atoms with van der Waals surface area (Å²) in [6, 6.07) is 9.78. The van der Waals surface area contributed by atoms with Gasteiger partial charge >= 0.3 is 5.97 Å². The van der Waals surface area contributed by atoms with Gasteiger partial charge < -0.3 is 14.8 Å². The Morgan fingerprint density at radius 2 is 2.09 bits per heavy atom. The van der Waals surface area contributed by atoms with Gasteiger partial charge in [-0.15, -0.1) is 0 Å². The molecule has 7 heteroatoms. The largest absolute Gasteiger partial charge is 0.496 e. The first-order valence-corrected chi connectivity index (χ1v) is 12.1. The van der Waals surface area contributed by atoms with E-state index in [-0.39, 0.29) is 5.56 Å². The summed E-state index contributed by atoms with van der Waals surface area (Å²) in [4.78, 5) is 21.9. The van der Waals surface area contributed by atoms with Gasteiger partial charge in [-0.3, -0.25) is 4.90 Å². The molecular weight excluding hydrogens is 434 g/mol. The number of carbonyl (C=O) groups is 1. The predicted octanol–water partition coefficient (Wildman–Crippen LogP) is 5.30. The lowest BCUT2D eigenvalue weighted by molar-refractivity contribution is 0.0693. The third-order valence-corrected chi connectivity index (χ3v) is 7.32. The van der Waals surface area contributed by atoms with Gasteiger partial charge in [0.25, 0.3) is 0 Å². The number of ether oxygens (including phenoxy) is 1. The predicted molar refractivity (Wildman–Crippen MR) is 130 cm³/mol. The maximum Gasteiger partial charge on any atom is 0.339 e. The Hall–Kier alpha value is -3.16. The number of nitrogens with zero attached hydrogens (tertiary/aromatic N) is 2. The van der Waals surface area contributed by atoms with Crippen LogP contribution < -0.4 is 4.74 Å². The fourth-order valence-corrected chi connectivity index (χ4v) is 5.58. The number of aromatic carboxylic acids is 1. The zero-order chi connectivity index (χ0) is 22.8. The van der Waals surface area contributed by atoms with Crippen LogP contribution in [-0.2, 0) is 13.0 Å². The van der Waals surface area contributed by atoms with Crippen molar-refractivity contribution in [2.75, 3.05) is 20.2 Å². The van der Waals surface area contributed by atoms with Gasteiger partial charge in [0.15, 0.2) is 0 Å². The van der Waals surface area contributed by atoms with E-state index >= 15 is 0 Å². The molecule has 1 aromatic carbocycles. The SMILES string of the molecule is COc1ccc(CN2CCC(c3c[nH]c4nccc(Cc5ccsc5)c34)CC2)cc1C(=O)O. The van der Waals surface area contributed by atoms with Crippen molar-refractivity contribution < 1.29 is 14.6 Å². The Morgan fingerprint density at radius 3 is 2.82 bits per heavy atom. The third kappa shape index (κ3) is 4.51. The van der Waals surface area contributed by atoms with Gasteiger partial charge in [0.1, 0.15) is 17.0 Å². The fraction of sp³-hybridized carbons (Fsp3) is 0.308. The monoisotopic (exact) mass is 461 g/mol. The Morgan fingerprint density at radius 1 is 1.24 bits per heavy atom. The van der Waals surface area contributed by atoms with Gasteiger partial charge in [0.05, 0.1) is 7.11 Å². The summed E-state index contributed by atoms with van der Waals surface area (Å²) < 4.78 is 5.18. The van der Waals surface area contributed by atoms with Gasteiger partial charge in [-0.05, 0) is 95.5 Å². The Bertz CT molecular complexity index is 1260. The van der Waals surface area contributed by atoms with E-state index in [4.69, 9.17) is 4.74 Å². The lowest BCUT2D eigenvalue weighted by atomic mass is 9.87. The number of carboxylic acid groups (broad SMARTS) is 1. The minimum Gasteiger partial charge on any atom is -0.496 e. The highest BCUT2D eigenvalue weighted by Gasteiger charge is 2.24. The zero-order valence-electron chi connectivity index (χ0n) is 18.6. The van der Waals surface area contributed by atoms with E-state index in [0.29, 0.717) is 11.7 Å². The molecule has 0 radical (unpaired) electrons. The minimum absolute atomic E-state index is 0.217. The van der Waals surface area contributed by atoms with Crippen LogP contribution in [0.3, 0.4) is 0 Å². The van der Waals surface area contributed by atoms with E-state index in [1.807, 2.05) is 12.3 Å². The number of rotatable bonds is 7. The van der Waals surface area contributed by atoms with Crippen LogP contribution in [0.5, 0.6) is 5.75 Å². The highest BCUT2D eigenvalue weighted by Crippen LogP contribution is 2.35. The van der Waals surface area contributed by atoms with Crippen molar-refractivity contribution in [2.24, 2.45) is 0 Å². The summed E-state index contributed by atoms with van der Waals surface area (Å²) >= 11 is 1.74. The molecule has 0 unspecified atom stereocenters. The molecule has 0 amide bonds. The van der Waals surface area contributed by atoms with Crippen LogP contribution in [0.25, 0.3) is 11.0 Å². The van der Waals surface area contributed by atoms with Crippen molar-refractivity contribution in [3.05, 3.63) is 81.3 Å². The Labute approximate surface area is 196 Å². The first-order chi connectivity index (χ1) is 16.1. The van der Waals surface area contributed by atoms with Crippen molar-refractivity contribution >= 4 is 28.3 Å². The highest BCUT2D eigenvalue weighted by molar-refractivity contribution is 7.07. The van der Waals surface area contributed by atoms with E-state index in [2.05, 4.69) is 44.0 Å². The van der Waals surface area contributed by atoms with Crippen molar-refractivity contribution in [1.29, 1.82) is 0 Å². The van der Waals surface area contributed by atoms with Crippen LogP contribution in [0.1, 0.15) is 51.4 Å². The Kier molecular flexibility index (Phi) is 6.15. The van der Waals surface area contributed by atoms with Gasteiger partial charge in [-0.1, -0.05) is 6.07 Å². The minimum atomic E-state index is -0.960. The molecule has 2 N–H and O–H groups in total. The number of benzene rings is 1. The summed E-state index contributed by atoms with van der Waals surface area (Å²) in [5, 5.41) is 15.1. The van der Waals surface area contributed by atoms with Gasteiger partial charge in [-0.25, -0.2) is 9.78 Å². The molecule has 1 aliphatic rings. The summed E-state index contributed by atoms with van der Waals surface area (Å²) in [6.07, 6.45) is 7.11. The third-order valence-electron chi connectivity index (χ3n) is 6.59. The van der Waals surface area contributed by atoms with Gasteiger partial charge in [0, 0.05) is 24.3 Å². The summed E-state index contributed by atoms with van der Waals surface area (Å²) in [5.74, 6) is -0.0689.